The third-order valence-corrected chi connectivity index (χ3v) is 16.6. The zero-order valence-electron chi connectivity index (χ0n) is 53.8. The summed E-state index contributed by atoms with van der Waals surface area (Å²) < 4.78 is 5.50. The minimum Gasteiger partial charge on any atom is -0.466 e. The SMILES string of the molecule is CCCCC/C=C\C/C=C\CCCCCCCCCCCC(=O)OCCCCCCCCCCCCCC/C=C\CCCCCCCCCCC(=O)NC(CO)C(O)/C=C/CCCCCCCCCCCCCCCCCCCC. The number of ether oxygens (including phenoxy) is 1. The van der Waals surface area contributed by atoms with Gasteiger partial charge in [-0.15, -0.1) is 0 Å². The summed E-state index contributed by atoms with van der Waals surface area (Å²) in [4.78, 5) is 24.6. The Morgan fingerprint density at radius 3 is 0.988 bits per heavy atom. The molecule has 470 valence electrons. The second kappa shape index (κ2) is 69.3. The molecule has 0 bridgehead atoms. The molecular formula is C74H139NO5. The Hall–Kier alpha value is -2.18. The number of unbranched alkanes of at least 4 members (excludes halogenated alkanes) is 50. The number of esters is 1. The summed E-state index contributed by atoms with van der Waals surface area (Å²) in [5, 5.41) is 23.2. The smallest absolute Gasteiger partial charge is 0.305 e. The molecule has 0 saturated heterocycles. The number of aliphatic hydroxyl groups is 2. The van der Waals surface area contributed by atoms with E-state index in [2.05, 4.69) is 55.6 Å². The zero-order chi connectivity index (χ0) is 57.8. The van der Waals surface area contributed by atoms with Gasteiger partial charge in [-0.25, -0.2) is 0 Å². The number of aliphatic hydroxyl groups excluding tert-OH is 2. The van der Waals surface area contributed by atoms with Gasteiger partial charge in [-0.2, -0.15) is 0 Å². The molecule has 0 aromatic rings. The van der Waals surface area contributed by atoms with Crippen LogP contribution in [0.2, 0.25) is 0 Å². The topological polar surface area (TPSA) is 95.9 Å². The fraction of sp³-hybridized carbons (Fsp3) is 0.865. The van der Waals surface area contributed by atoms with E-state index in [1.54, 1.807) is 6.08 Å². The molecule has 0 aromatic carbocycles. The Labute approximate surface area is 499 Å². The van der Waals surface area contributed by atoms with Crippen LogP contribution >= 0.6 is 0 Å². The molecule has 1 amide bonds. The maximum atomic E-state index is 12.5. The van der Waals surface area contributed by atoms with E-state index in [0.29, 0.717) is 19.4 Å². The lowest BCUT2D eigenvalue weighted by Crippen LogP contribution is -2.45. The van der Waals surface area contributed by atoms with Crippen molar-refractivity contribution in [3.8, 4) is 0 Å². The predicted octanol–water partition coefficient (Wildman–Crippen LogP) is 23.3. The van der Waals surface area contributed by atoms with Gasteiger partial charge in [-0.3, -0.25) is 9.59 Å². The molecule has 6 heteroatoms. The molecule has 0 fully saturated rings. The molecule has 0 aromatic heterocycles. The first-order valence-electron chi connectivity index (χ1n) is 35.9. The highest BCUT2D eigenvalue weighted by atomic mass is 16.5. The summed E-state index contributed by atoms with van der Waals surface area (Å²) in [6.45, 7) is 4.91. The van der Waals surface area contributed by atoms with Gasteiger partial charge in [-0.1, -0.05) is 332 Å². The van der Waals surface area contributed by atoms with Crippen LogP contribution in [0.3, 0.4) is 0 Å². The number of carbonyl (C=O) groups is 2. The van der Waals surface area contributed by atoms with Crippen LogP contribution in [0, 0.1) is 0 Å². The lowest BCUT2D eigenvalue weighted by atomic mass is 10.0. The standard InChI is InChI=1S/C74H139NO5/c1-3-5-7-9-11-13-15-17-19-21-23-31-34-38-42-46-50-54-58-62-66-72(77)71(70-76)75-73(78)67-63-59-55-51-47-43-39-35-32-28-26-24-25-27-29-33-37-41-45-49-53-57-61-65-69-80-74(79)68-64-60-56-52-48-44-40-36-30-22-20-18-16-14-12-10-8-6-4-2/h12,14,18,20,26,28,62,66,71-72,76-77H,3-11,13,15-17,19,21-25,27,29-61,63-65,67-70H2,1-2H3,(H,75,78)/b14-12-,20-18-,28-26-,66-62+. The van der Waals surface area contributed by atoms with E-state index >= 15 is 0 Å². The highest BCUT2D eigenvalue weighted by Gasteiger charge is 2.18. The molecule has 0 heterocycles. The van der Waals surface area contributed by atoms with Crippen molar-refractivity contribution in [3.63, 3.8) is 0 Å². The highest BCUT2D eigenvalue weighted by Crippen LogP contribution is 2.18. The maximum Gasteiger partial charge on any atom is 0.305 e. The molecule has 6 nitrogen and oxygen atoms in total. The van der Waals surface area contributed by atoms with Gasteiger partial charge in [0.1, 0.15) is 0 Å². The van der Waals surface area contributed by atoms with Gasteiger partial charge in [-0.05, 0) is 89.9 Å². The van der Waals surface area contributed by atoms with Gasteiger partial charge >= 0.3 is 5.97 Å². The number of carbonyl (C=O) groups excluding carboxylic acids is 2. The molecule has 0 rings (SSSR count). The zero-order valence-corrected chi connectivity index (χ0v) is 53.8. The lowest BCUT2D eigenvalue weighted by molar-refractivity contribution is -0.143. The fourth-order valence-electron chi connectivity index (χ4n) is 11.1. The maximum absolute atomic E-state index is 12.5. The Balaban J connectivity index is 3.42. The minimum absolute atomic E-state index is 0.00859. The van der Waals surface area contributed by atoms with Gasteiger partial charge < -0.3 is 20.3 Å². The van der Waals surface area contributed by atoms with E-state index in [0.717, 1.165) is 51.4 Å². The quantitative estimate of drug-likeness (QED) is 0.0320. The van der Waals surface area contributed by atoms with Crippen molar-refractivity contribution >= 4 is 11.9 Å². The summed E-state index contributed by atoms with van der Waals surface area (Å²) >= 11 is 0. The molecule has 0 radical (unpaired) electrons. The number of amides is 1. The van der Waals surface area contributed by atoms with Crippen LogP contribution in [0.5, 0.6) is 0 Å². The Morgan fingerprint density at radius 1 is 0.350 bits per heavy atom. The van der Waals surface area contributed by atoms with Crippen molar-refractivity contribution in [2.24, 2.45) is 0 Å². The van der Waals surface area contributed by atoms with Gasteiger partial charge in [0.2, 0.25) is 5.91 Å². The summed E-state index contributed by atoms with van der Waals surface area (Å²) in [7, 11) is 0. The highest BCUT2D eigenvalue weighted by molar-refractivity contribution is 5.76. The molecule has 0 aliphatic carbocycles. The van der Waals surface area contributed by atoms with Crippen molar-refractivity contribution in [2.75, 3.05) is 13.2 Å². The molecule has 2 atom stereocenters. The molecule has 0 saturated carbocycles. The van der Waals surface area contributed by atoms with Crippen molar-refractivity contribution in [1.29, 1.82) is 0 Å². The normalized spacial score (nSPS) is 12.8. The fourth-order valence-corrected chi connectivity index (χ4v) is 11.1. The summed E-state index contributed by atoms with van der Waals surface area (Å²) in [6, 6.07) is -0.633. The first-order valence-corrected chi connectivity index (χ1v) is 35.9. The number of hydrogen-bond donors (Lipinski definition) is 3. The van der Waals surface area contributed by atoms with E-state index < -0.39 is 12.1 Å². The van der Waals surface area contributed by atoms with E-state index in [1.807, 2.05) is 6.08 Å². The monoisotopic (exact) mass is 1120 g/mol. The van der Waals surface area contributed by atoms with Crippen molar-refractivity contribution in [2.45, 2.75) is 398 Å². The summed E-state index contributed by atoms with van der Waals surface area (Å²) in [6.07, 6.45) is 90.4. The number of nitrogens with one attached hydrogen (secondary N) is 1. The third-order valence-electron chi connectivity index (χ3n) is 16.6. The molecule has 0 aliphatic rings. The predicted molar refractivity (Wildman–Crippen MR) is 352 cm³/mol. The summed E-state index contributed by atoms with van der Waals surface area (Å²) in [5.41, 5.74) is 0. The molecule has 80 heavy (non-hydrogen) atoms. The number of hydrogen-bond acceptors (Lipinski definition) is 5. The van der Waals surface area contributed by atoms with Crippen molar-refractivity contribution < 1.29 is 24.5 Å². The van der Waals surface area contributed by atoms with Crippen LogP contribution in [-0.4, -0.2) is 47.4 Å². The van der Waals surface area contributed by atoms with Crippen LogP contribution < -0.4 is 5.32 Å². The average Bonchev–Trinajstić information content (AvgIpc) is 3.46. The van der Waals surface area contributed by atoms with Gasteiger partial charge in [0.15, 0.2) is 0 Å². The average molecular weight is 1120 g/mol. The molecule has 0 aliphatic heterocycles. The number of rotatable bonds is 67. The van der Waals surface area contributed by atoms with Crippen LogP contribution in [0.25, 0.3) is 0 Å². The lowest BCUT2D eigenvalue weighted by Gasteiger charge is -2.20. The molecule has 3 N–H and O–H groups in total. The van der Waals surface area contributed by atoms with Crippen LogP contribution in [0.1, 0.15) is 386 Å². The second-order valence-electron chi connectivity index (χ2n) is 24.6. The Bertz CT molecular complexity index is 1340. The molecular weight excluding hydrogens is 983 g/mol. The van der Waals surface area contributed by atoms with Crippen molar-refractivity contribution in [3.05, 3.63) is 48.6 Å². The van der Waals surface area contributed by atoms with E-state index in [4.69, 9.17) is 4.74 Å². The largest absolute Gasteiger partial charge is 0.466 e. The Morgan fingerprint density at radius 2 is 0.625 bits per heavy atom. The van der Waals surface area contributed by atoms with Crippen LogP contribution in [-0.2, 0) is 14.3 Å². The van der Waals surface area contributed by atoms with Gasteiger partial charge in [0, 0.05) is 12.8 Å². The molecule has 2 unspecified atom stereocenters. The van der Waals surface area contributed by atoms with Gasteiger partial charge in [0.05, 0.1) is 25.4 Å². The van der Waals surface area contributed by atoms with Crippen LogP contribution in [0.4, 0.5) is 0 Å². The van der Waals surface area contributed by atoms with E-state index in [9.17, 15) is 19.8 Å². The van der Waals surface area contributed by atoms with E-state index in [-0.39, 0.29) is 18.5 Å². The van der Waals surface area contributed by atoms with Crippen molar-refractivity contribution in [1.82, 2.24) is 5.32 Å². The van der Waals surface area contributed by atoms with E-state index in [1.165, 1.54) is 308 Å². The second-order valence-corrected chi connectivity index (χ2v) is 24.6. The first kappa shape index (κ1) is 77.8. The first-order chi connectivity index (χ1) is 39.5. The van der Waals surface area contributed by atoms with Gasteiger partial charge in [0.25, 0.3) is 0 Å². The number of allylic oxidation sites excluding steroid dienone is 7. The molecule has 0 spiro atoms. The van der Waals surface area contributed by atoms with Crippen LogP contribution in [0.15, 0.2) is 48.6 Å². The minimum atomic E-state index is -0.849. The summed E-state index contributed by atoms with van der Waals surface area (Å²) in [5.74, 6) is -0.0610. The third kappa shape index (κ3) is 65.0. The Kier molecular flexibility index (Phi) is 67.4.